The second-order valence-electron chi connectivity index (χ2n) is 7.69. The van der Waals surface area contributed by atoms with Crippen molar-refractivity contribution in [2.75, 3.05) is 5.32 Å². The second kappa shape index (κ2) is 5.60. The molecular weight excluding hydrogens is 378 g/mol. The van der Waals surface area contributed by atoms with Gasteiger partial charge in [-0.3, -0.25) is 0 Å². The highest BCUT2D eigenvalue weighted by atomic mass is 79.9. The lowest BCUT2D eigenvalue weighted by atomic mass is 9.67. The normalized spacial score (nSPS) is 32.0. The standard InChI is InChI=1S/C21H20BrNO2/c22-14-4-1-3-13(10-14)19-18-12-8-7-11(9-12)17(18)15-5-2-6-16(21(24)25)20(15)23-19/h1-6,10-12,17-19,23H,7-9H2,(H,24,25)/t11-,12+,17-,18+,19+/m0/s1. The number of rotatable bonds is 2. The van der Waals surface area contributed by atoms with Crippen LogP contribution in [0.5, 0.6) is 0 Å². The maximum Gasteiger partial charge on any atom is 0.337 e. The number of aromatic carboxylic acids is 1. The number of para-hydroxylation sites is 1. The molecule has 2 fully saturated rings. The molecule has 0 amide bonds. The van der Waals surface area contributed by atoms with Gasteiger partial charge in [-0.25, -0.2) is 4.79 Å². The smallest absolute Gasteiger partial charge is 0.337 e. The number of halogens is 1. The first-order chi connectivity index (χ1) is 12.1. The topological polar surface area (TPSA) is 49.3 Å². The van der Waals surface area contributed by atoms with Crippen molar-refractivity contribution in [3.8, 4) is 0 Å². The van der Waals surface area contributed by atoms with Crippen LogP contribution < -0.4 is 5.32 Å². The Balaban J connectivity index is 1.68. The molecule has 2 aliphatic carbocycles. The second-order valence-corrected chi connectivity index (χ2v) is 8.60. The van der Waals surface area contributed by atoms with Crippen molar-refractivity contribution in [3.63, 3.8) is 0 Å². The fraction of sp³-hybridized carbons (Fsp3) is 0.381. The van der Waals surface area contributed by atoms with Crippen molar-refractivity contribution in [1.29, 1.82) is 0 Å². The van der Waals surface area contributed by atoms with E-state index in [0.717, 1.165) is 16.1 Å². The minimum atomic E-state index is -0.848. The summed E-state index contributed by atoms with van der Waals surface area (Å²) in [6.07, 6.45) is 3.89. The Hall–Kier alpha value is -1.81. The van der Waals surface area contributed by atoms with E-state index in [-0.39, 0.29) is 6.04 Å². The van der Waals surface area contributed by atoms with Crippen LogP contribution in [0.25, 0.3) is 0 Å². The summed E-state index contributed by atoms with van der Waals surface area (Å²) in [6.45, 7) is 0. The molecule has 0 spiro atoms. The molecule has 2 aromatic rings. The van der Waals surface area contributed by atoms with E-state index in [4.69, 9.17) is 0 Å². The third kappa shape index (κ3) is 2.27. The van der Waals surface area contributed by atoms with Crippen LogP contribution in [-0.2, 0) is 0 Å². The molecule has 0 aromatic heterocycles. The van der Waals surface area contributed by atoms with Crippen molar-refractivity contribution in [1.82, 2.24) is 0 Å². The number of nitrogens with one attached hydrogen (secondary N) is 1. The van der Waals surface area contributed by atoms with Crippen LogP contribution in [0.3, 0.4) is 0 Å². The highest BCUT2D eigenvalue weighted by Gasteiger charge is 2.54. The summed E-state index contributed by atoms with van der Waals surface area (Å²) in [7, 11) is 0. The van der Waals surface area contributed by atoms with E-state index in [1.165, 1.54) is 30.4 Å². The van der Waals surface area contributed by atoms with Gasteiger partial charge in [0.25, 0.3) is 0 Å². The Labute approximate surface area is 155 Å². The summed E-state index contributed by atoms with van der Waals surface area (Å²) in [4.78, 5) is 11.8. The van der Waals surface area contributed by atoms with Gasteiger partial charge in [-0.1, -0.05) is 40.2 Å². The quantitative estimate of drug-likeness (QED) is 0.708. The molecule has 3 nitrogen and oxygen atoms in total. The predicted octanol–water partition coefficient (Wildman–Crippen LogP) is 5.44. The molecule has 2 aromatic carbocycles. The Morgan fingerprint density at radius 2 is 1.92 bits per heavy atom. The first-order valence-electron chi connectivity index (χ1n) is 9.01. The Bertz CT molecular complexity index is 865. The lowest BCUT2D eigenvalue weighted by Crippen LogP contribution is -2.36. The number of anilines is 1. The average Bonchev–Trinajstić information content (AvgIpc) is 3.22. The van der Waals surface area contributed by atoms with Gasteiger partial charge in [0.2, 0.25) is 0 Å². The number of benzene rings is 2. The maximum absolute atomic E-state index is 11.8. The Kier molecular flexibility index (Phi) is 3.46. The zero-order valence-electron chi connectivity index (χ0n) is 13.8. The van der Waals surface area contributed by atoms with Crippen LogP contribution in [0.2, 0.25) is 0 Å². The molecule has 128 valence electrons. The van der Waals surface area contributed by atoms with E-state index in [9.17, 15) is 9.90 Å². The number of carboxylic acid groups (broad SMARTS) is 1. The monoisotopic (exact) mass is 397 g/mol. The minimum absolute atomic E-state index is 0.186. The van der Waals surface area contributed by atoms with Gasteiger partial charge < -0.3 is 10.4 Å². The molecule has 0 saturated heterocycles. The highest BCUT2D eigenvalue weighted by Crippen LogP contribution is 2.64. The van der Waals surface area contributed by atoms with E-state index in [2.05, 4.69) is 45.5 Å². The molecule has 5 rings (SSSR count). The maximum atomic E-state index is 11.8. The van der Waals surface area contributed by atoms with Gasteiger partial charge in [-0.2, -0.15) is 0 Å². The van der Waals surface area contributed by atoms with E-state index < -0.39 is 5.97 Å². The van der Waals surface area contributed by atoms with Crippen LogP contribution in [0, 0.1) is 17.8 Å². The largest absolute Gasteiger partial charge is 0.478 e. The van der Waals surface area contributed by atoms with Crippen molar-refractivity contribution < 1.29 is 9.90 Å². The number of hydrogen-bond donors (Lipinski definition) is 2. The Morgan fingerprint density at radius 1 is 1.12 bits per heavy atom. The van der Waals surface area contributed by atoms with Crippen LogP contribution in [-0.4, -0.2) is 11.1 Å². The third-order valence-corrected chi connectivity index (χ3v) is 7.05. The summed E-state index contributed by atoms with van der Waals surface area (Å²) in [5.41, 5.74) is 3.72. The lowest BCUT2D eigenvalue weighted by molar-refractivity contribution is 0.0697. The van der Waals surface area contributed by atoms with Crippen LogP contribution in [0.15, 0.2) is 46.9 Å². The van der Waals surface area contributed by atoms with E-state index in [1.807, 2.05) is 12.1 Å². The van der Waals surface area contributed by atoms with Gasteiger partial charge in [0.05, 0.1) is 17.3 Å². The number of hydrogen-bond acceptors (Lipinski definition) is 2. The fourth-order valence-corrected chi connectivity index (χ4v) is 6.14. The van der Waals surface area contributed by atoms with E-state index in [0.29, 0.717) is 23.3 Å². The van der Waals surface area contributed by atoms with Gasteiger partial charge in [0, 0.05) is 4.47 Å². The Morgan fingerprint density at radius 3 is 2.72 bits per heavy atom. The number of carboxylic acids is 1. The van der Waals surface area contributed by atoms with Gasteiger partial charge in [-0.15, -0.1) is 0 Å². The molecular formula is C21H20BrNO2. The third-order valence-electron chi connectivity index (χ3n) is 6.56. The summed E-state index contributed by atoms with van der Waals surface area (Å²) in [6, 6.07) is 14.4. The van der Waals surface area contributed by atoms with Crippen LogP contribution in [0.4, 0.5) is 5.69 Å². The average molecular weight is 398 g/mol. The van der Waals surface area contributed by atoms with Crippen molar-refractivity contribution in [2.45, 2.75) is 31.2 Å². The molecule has 4 heteroatoms. The van der Waals surface area contributed by atoms with E-state index >= 15 is 0 Å². The predicted molar refractivity (Wildman–Crippen MR) is 101 cm³/mol. The highest BCUT2D eigenvalue weighted by molar-refractivity contribution is 9.10. The summed E-state index contributed by atoms with van der Waals surface area (Å²) >= 11 is 3.59. The number of fused-ring (bicyclic) bond motifs is 7. The fourth-order valence-electron chi connectivity index (χ4n) is 5.72. The van der Waals surface area contributed by atoms with Crippen LogP contribution in [0.1, 0.15) is 52.7 Å². The first kappa shape index (κ1) is 15.4. The van der Waals surface area contributed by atoms with Crippen molar-refractivity contribution in [2.24, 2.45) is 17.8 Å². The molecule has 1 aliphatic heterocycles. The van der Waals surface area contributed by atoms with Gasteiger partial charge >= 0.3 is 5.97 Å². The number of carbonyl (C=O) groups is 1. The molecule has 0 unspecified atom stereocenters. The minimum Gasteiger partial charge on any atom is -0.478 e. The summed E-state index contributed by atoms with van der Waals surface area (Å²) in [5, 5.41) is 13.3. The molecule has 5 atom stereocenters. The van der Waals surface area contributed by atoms with Gasteiger partial charge in [0.15, 0.2) is 0 Å². The molecule has 1 heterocycles. The molecule has 3 aliphatic rings. The summed E-state index contributed by atoms with van der Waals surface area (Å²) in [5.74, 6) is 1.64. The van der Waals surface area contributed by atoms with Gasteiger partial charge in [-0.05, 0) is 72.3 Å². The molecule has 2 N–H and O–H groups in total. The summed E-state index contributed by atoms with van der Waals surface area (Å²) < 4.78 is 1.07. The zero-order chi connectivity index (χ0) is 17.1. The van der Waals surface area contributed by atoms with Gasteiger partial charge in [0.1, 0.15) is 0 Å². The van der Waals surface area contributed by atoms with E-state index in [1.54, 1.807) is 6.07 Å². The lowest BCUT2D eigenvalue weighted by Gasteiger charge is -2.44. The molecule has 2 bridgehead atoms. The van der Waals surface area contributed by atoms with Crippen molar-refractivity contribution >= 4 is 27.6 Å². The first-order valence-corrected chi connectivity index (χ1v) is 9.81. The van der Waals surface area contributed by atoms with Crippen molar-refractivity contribution in [3.05, 3.63) is 63.6 Å². The molecule has 0 radical (unpaired) electrons. The zero-order valence-corrected chi connectivity index (χ0v) is 15.4. The van der Waals surface area contributed by atoms with Crippen LogP contribution >= 0.6 is 15.9 Å². The SMILES string of the molecule is O=C(O)c1cccc2c1N[C@H](c1cccc(Br)c1)[C@@H]1[C@@H]3CC[C@@H](C3)[C@@H]21. The molecule has 2 saturated carbocycles. The molecule has 25 heavy (non-hydrogen) atoms.